The first kappa shape index (κ1) is 20.5. The fraction of sp³-hybridized carbons (Fsp3) is 0.438. The molecule has 0 saturated carbocycles. The van der Waals surface area contributed by atoms with Gasteiger partial charge in [-0.3, -0.25) is 9.59 Å². The van der Waals surface area contributed by atoms with Gasteiger partial charge in [-0.2, -0.15) is 11.8 Å². The van der Waals surface area contributed by atoms with Crippen molar-refractivity contribution >= 4 is 41.0 Å². The van der Waals surface area contributed by atoms with Gasteiger partial charge in [-0.1, -0.05) is 12.1 Å². The molecule has 24 heavy (non-hydrogen) atoms. The third kappa shape index (κ3) is 5.81. The van der Waals surface area contributed by atoms with E-state index in [0.29, 0.717) is 41.2 Å². The molecule has 0 fully saturated rings. The van der Waals surface area contributed by atoms with Crippen LogP contribution < -0.4 is 16.6 Å². The predicted octanol–water partition coefficient (Wildman–Crippen LogP) is 1.82. The molecule has 0 unspecified atom stereocenters. The van der Waals surface area contributed by atoms with Gasteiger partial charge in [0.25, 0.3) is 5.56 Å². The molecule has 0 atom stereocenters. The van der Waals surface area contributed by atoms with Crippen molar-refractivity contribution in [2.45, 2.75) is 31.6 Å². The molecular formula is C16H23ClN4O2S. The Balaban J connectivity index is 0.00000288. The normalized spacial score (nSPS) is 11.1. The van der Waals surface area contributed by atoms with Gasteiger partial charge >= 0.3 is 0 Å². The van der Waals surface area contributed by atoms with Gasteiger partial charge in [-0.05, 0) is 26.0 Å². The fourth-order valence-corrected chi connectivity index (χ4v) is 2.83. The predicted molar refractivity (Wildman–Crippen MR) is 102 cm³/mol. The van der Waals surface area contributed by atoms with Crippen LogP contribution in [0.1, 0.15) is 26.1 Å². The van der Waals surface area contributed by atoms with Gasteiger partial charge in [-0.25, -0.2) is 4.98 Å². The van der Waals surface area contributed by atoms with E-state index in [1.54, 1.807) is 17.8 Å². The number of aromatic amines is 1. The van der Waals surface area contributed by atoms with Crippen molar-refractivity contribution in [3.63, 3.8) is 0 Å². The van der Waals surface area contributed by atoms with Crippen LogP contribution in [-0.2, 0) is 10.5 Å². The highest BCUT2D eigenvalue weighted by Gasteiger charge is 2.17. The summed E-state index contributed by atoms with van der Waals surface area (Å²) < 4.78 is 0. The Morgan fingerprint density at radius 3 is 2.79 bits per heavy atom. The quantitative estimate of drug-likeness (QED) is 0.645. The zero-order chi connectivity index (χ0) is 16.9. The number of thioether (sulfide) groups is 1. The number of halogens is 1. The van der Waals surface area contributed by atoms with E-state index in [1.807, 2.05) is 32.0 Å². The lowest BCUT2D eigenvalue weighted by atomic mass is 10.1. The van der Waals surface area contributed by atoms with Gasteiger partial charge in [0.05, 0.1) is 16.7 Å². The number of H-pyrrole nitrogens is 1. The van der Waals surface area contributed by atoms with E-state index in [1.165, 1.54) is 0 Å². The summed E-state index contributed by atoms with van der Waals surface area (Å²) in [5.41, 5.74) is 5.76. The number of carbonyl (C=O) groups excluding carboxylic acids is 1. The zero-order valence-corrected chi connectivity index (χ0v) is 15.4. The summed E-state index contributed by atoms with van der Waals surface area (Å²) in [6.45, 7) is 4.18. The van der Waals surface area contributed by atoms with E-state index in [-0.39, 0.29) is 29.4 Å². The molecule has 1 heterocycles. The third-order valence-corrected chi connectivity index (χ3v) is 4.33. The van der Waals surface area contributed by atoms with Crippen molar-refractivity contribution in [1.82, 2.24) is 15.3 Å². The summed E-state index contributed by atoms with van der Waals surface area (Å²) >= 11 is 1.56. The van der Waals surface area contributed by atoms with Gasteiger partial charge in [0.1, 0.15) is 5.82 Å². The third-order valence-electron chi connectivity index (χ3n) is 3.36. The number of nitrogens with one attached hydrogen (secondary N) is 2. The van der Waals surface area contributed by atoms with Crippen LogP contribution in [0, 0.1) is 0 Å². The standard InChI is InChI=1S/C16H22N4O2S.ClH/c1-16(2,10-17)20-14(21)7-8-23-9-13-18-12-6-4-3-5-11(12)15(22)19-13;/h3-6H,7-10,17H2,1-2H3,(H,20,21)(H,18,19,22);1H. The Bertz CT molecular complexity index is 748. The maximum atomic E-state index is 11.9. The molecule has 0 radical (unpaired) electrons. The van der Waals surface area contributed by atoms with Crippen LogP contribution >= 0.6 is 24.2 Å². The summed E-state index contributed by atoms with van der Waals surface area (Å²) in [5, 5.41) is 3.47. The van der Waals surface area contributed by atoms with Gasteiger partial charge < -0.3 is 16.0 Å². The maximum Gasteiger partial charge on any atom is 0.258 e. The number of hydrogen-bond acceptors (Lipinski definition) is 5. The lowest BCUT2D eigenvalue weighted by Gasteiger charge is -2.24. The number of para-hydroxylation sites is 1. The summed E-state index contributed by atoms with van der Waals surface area (Å²) in [5.74, 6) is 1.82. The Kier molecular flexibility index (Phi) is 7.72. The molecule has 4 N–H and O–H groups in total. The minimum Gasteiger partial charge on any atom is -0.350 e. The van der Waals surface area contributed by atoms with Crippen molar-refractivity contribution in [2.75, 3.05) is 12.3 Å². The molecule has 1 aromatic carbocycles. The molecule has 132 valence electrons. The van der Waals surface area contributed by atoms with Crippen LogP contribution in [0.5, 0.6) is 0 Å². The minimum atomic E-state index is -0.382. The van der Waals surface area contributed by atoms with E-state index in [0.717, 1.165) is 0 Å². The molecule has 6 nitrogen and oxygen atoms in total. The Labute approximate surface area is 151 Å². The fourth-order valence-electron chi connectivity index (χ4n) is 2.03. The van der Waals surface area contributed by atoms with E-state index in [9.17, 15) is 9.59 Å². The molecule has 2 rings (SSSR count). The van der Waals surface area contributed by atoms with Crippen LogP contribution in [0.4, 0.5) is 0 Å². The lowest BCUT2D eigenvalue weighted by molar-refractivity contribution is -0.122. The Morgan fingerprint density at radius 2 is 2.08 bits per heavy atom. The zero-order valence-electron chi connectivity index (χ0n) is 13.8. The van der Waals surface area contributed by atoms with Crippen LogP contribution in [-0.4, -0.2) is 33.7 Å². The van der Waals surface area contributed by atoms with Crippen molar-refractivity contribution < 1.29 is 4.79 Å². The second-order valence-electron chi connectivity index (χ2n) is 5.97. The van der Waals surface area contributed by atoms with Crippen LogP contribution in [0.3, 0.4) is 0 Å². The van der Waals surface area contributed by atoms with Crippen LogP contribution in [0.25, 0.3) is 10.9 Å². The number of carbonyl (C=O) groups is 1. The number of benzene rings is 1. The average molecular weight is 371 g/mol. The number of fused-ring (bicyclic) bond motifs is 1. The number of rotatable bonds is 7. The molecule has 2 aromatic rings. The Hall–Kier alpha value is -1.57. The number of amides is 1. The number of aromatic nitrogens is 2. The lowest BCUT2D eigenvalue weighted by Crippen LogP contribution is -2.48. The van der Waals surface area contributed by atoms with Crippen molar-refractivity contribution in [3.05, 3.63) is 40.4 Å². The first-order valence-corrected chi connectivity index (χ1v) is 8.63. The molecule has 0 spiro atoms. The Morgan fingerprint density at radius 1 is 1.38 bits per heavy atom. The highest BCUT2D eigenvalue weighted by Crippen LogP contribution is 2.12. The van der Waals surface area contributed by atoms with E-state index in [2.05, 4.69) is 15.3 Å². The molecule has 1 aromatic heterocycles. The van der Waals surface area contributed by atoms with Gasteiger partial charge in [0, 0.05) is 24.3 Å². The van der Waals surface area contributed by atoms with E-state index < -0.39 is 0 Å². The van der Waals surface area contributed by atoms with E-state index >= 15 is 0 Å². The van der Waals surface area contributed by atoms with Gasteiger partial charge in [-0.15, -0.1) is 12.4 Å². The number of nitrogens with two attached hydrogens (primary N) is 1. The molecule has 0 aliphatic heterocycles. The molecule has 0 aliphatic rings. The summed E-state index contributed by atoms with van der Waals surface area (Å²) in [7, 11) is 0. The van der Waals surface area contributed by atoms with Crippen molar-refractivity contribution in [2.24, 2.45) is 5.73 Å². The molecule has 0 aliphatic carbocycles. The average Bonchev–Trinajstić information content (AvgIpc) is 2.51. The van der Waals surface area contributed by atoms with Gasteiger partial charge in [0.15, 0.2) is 0 Å². The first-order valence-electron chi connectivity index (χ1n) is 7.48. The molecular weight excluding hydrogens is 348 g/mol. The largest absolute Gasteiger partial charge is 0.350 e. The minimum absolute atomic E-state index is 0. The molecule has 0 bridgehead atoms. The highest BCUT2D eigenvalue weighted by atomic mass is 35.5. The first-order chi connectivity index (χ1) is 10.9. The smallest absolute Gasteiger partial charge is 0.258 e. The monoisotopic (exact) mass is 370 g/mol. The summed E-state index contributed by atoms with van der Waals surface area (Å²) in [4.78, 5) is 31.0. The maximum absolute atomic E-state index is 11.9. The molecule has 1 amide bonds. The topological polar surface area (TPSA) is 101 Å². The number of nitrogens with zero attached hydrogens (tertiary/aromatic N) is 1. The second kappa shape index (κ2) is 9.05. The van der Waals surface area contributed by atoms with Crippen LogP contribution in [0.15, 0.2) is 29.1 Å². The van der Waals surface area contributed by atoms with Crippen LogP contribution in [0.2, 0.25) is 0 Å². The van der Waals surface area contributed by atoms with Crippen molar-refractivity contribution in [3.8, 4) is 0 Å². The molecule has 0 saturated heterocycles. The SMILES string of the molecule is CC(C)(CN)NC(=O)CCSCc1nc2ccccc2c(=O)[nH]1.Cl. The number of hydrogen-bond donors (Lipinski definition) is 3. The second-order valence-corrected chi connectivity index (χ2v) is 7.07. The van der Waals surface area contributed by atoms with Gasteiger partial charge in [0.2, 0.25) is 5.91 Å². The summed E-state index contributed by atoms with van der Waals surface area (Å²) in [6.07, 6.45) is 0.409. The highest BCUT2D eigenvalue weighted by molar-refractivity contribution is 7.98. The van der Waals surface area contributed by atoms with E-state index in [4.69, 9.17) is 5.73 Å². The summed E-state index contributed by atoms with van der Waals surface area (Å²) in [6, 6.07) is 7.24. The van der Waals surface area contributed by atoms with Crippen molar-refractivity contribution in [1.29, 1.82) is 0 Å². The molecule has 8 heteroatoms.